The molecule has 1 aliphatic rings. The molecule has 3 heteroatoms. The van der Waals surface area contributed by atoms with Gasteiger partial charge in [-0.25, -0.2) is 0 Å². The number of cyclic esters (lactones) is 1. The van der Waals surface area contributed by atoms with E-state index < -0.39 is 6.10 Å². The third kappa shape index (κ3) is 1.53. The van der Waals surface area contributed by atoms with E-state index in [-0.39, 0.29) is 23.9 Å². The maximum Gasteiger partial charge on any atom is 0.312 e. The highest BCUT2D eigenvalue weighted by molar-refractivity contribution is 5.76. The van der Waals surface area contributed by atoms with Crippen LogP contribution in [-0.4, -0.2) is 23.8 Å². The Morgan fingerprint density at radius 1 is 1.55 bits per heavy atom. The lowest BCUT2D eigenvalue weighted by Crippen LogP contribution is -2.33. The Morgan fingerprint density at radius 3 is 2.27 bits per heavy atom. The molecule has 0 radical (unpaired) electrons. The summed E-state index contributed by atoms with van der Waals surface area (Å²) < 4.78 is 4.72. The summed E-state index contributed by atoms with van der Waals surface area (Å²) in [4.78, 5) is 11.0. The normalized spacial score (nSPS) is 32.2. The van der Waals surface area contributed by atoms with E-state index in [0.717, 1.165) is 0 Å². The second-order valence-electron chi connectivity index (χ2n) is 4.04. The molecule has 3 nitrogen and oxygen atoms in total. The molecular formula is C8H14O3. The fraction of sp³-hybridized carbons (Fsp3) is 0.875. The van der Waals surface area contributed by atoms with Crippen LogP contribution in [0.4, 0.5) is 0 Å². The van der Waals surface area contributed by atoms with Crippen molar-refractivity contribution in [2.45, 2.75) is 26.9 Å². The summed E-state index contributed by atoms with van der Waals surface area (Å²) in [5.41, 5.74) is -0.201. The van der Waals surface area contributed by atoms with E-state index in [1.165, 1.54) is 0 Å². The molecular weight excluding hydrogens is 144 g/mol. The summed E-state index contributed by atoms with van der Waals surface area (Å²) >= 11 is 0. The molecule has 1 fully saturated rings. The Bertz CT molecular complexity index is 169. The lowest BCUT2D eigenvalue weighted by Gasteiger charge is -2.25. The molecule has 2 unspecified atom stereocenters. The zero-order valence-corrected chi connectivity index (χ0v) is 7.13. The topological polar surface area (TPSA) is 46.5 Å². The van der Waals surface area contributed by atoms with Gasteiger partial charge in [0.05, 0.1) is 5.92 Å². The van der Waals surface area contributed by atoms with Gasteiger partial charge in [-0.3, -0.25) is 4.79 Å². The van der Waals surface area contributed by atoms with Gasteiger partial charge in [-0.15, -0.1) is 0 Å². The van der Waals surface area contributed by atoms with Gasteiger partial charge in [-0.05, 0) is 5.41 Å². The number of hydrogen-bond acceptors (Lipinski definition) is 3. The largest absolute Gasteiger partial charge is 0.463 e. The fourth-order valence-electron chi connectivity index (χ4n) is 1.44. The SMILES string of the molecule is CC(C)(C)C1C(=O)OCC1O. The molecule has 1 aliphatic heterocycles. The van der Waals surface area contributed by atoms with Crippen molar-refractivity contribution in [3.8, 4) is 0 Å². The zero-order valence-electron chi connectivity index (χ0n) is 7.13. The Labute approximate surface area is 66.4 Å². The number of esters is 1. The van der Waals surface area contributed by atoms with Crippen LogP contribution < -0.4 is 0 Å². The van der Waals surface area contributed by atoms with Gasteiger partial charge in [-0.1, -0.05) is 20.8 Å². The summed E-state index contributed by atoms with van der Waals surface area (Å²) in [5.74, 6) is -0.632. The van der Waals surface area contributed by atoms with E-state index >= 15 is 0 Å². The highest BCUT2D eigenvalue weighted by atomic mass is 16.6. The molecule has 0 aromatic carbocycles. The molecule has 1 N–H and O–H groups in total. The summed E-state index contributed by atoms with van der Waals surface area (Å²) in [6, 6.07) is 0. The Kier molecular flexibility index (Phi) is 1.92. The second-order valence-corrected chi connectivity index (χ2v) is 4.04. The van der Waals surface area contributed by atoms with Crippen molar-refractivity contribution in [3.05, 3.63) is 0 Å². The van der Waals surface area contributed by atoms with E-state index in [1.807, 2.05) is 20.8 Å². The van der Waals surface area contributed by atoms with Gasteiger partial charge < -0.3 is 9.84 Å². The minimum absolute atomic E-state index is 0.154. The Morgan fingerprint density at radius 2 is 2.09 bits per heavy atom. The molecule has 2 atom stereocenters. The average Bonchev–Trinajstić information content (AvgIpc) is 2.08. The monoisotopic (exact) mass is 158 g/mol. The van der Waals surface area contributed by atoms with Gasteiger partial charge in [0.1, 0.15) is 12.7 Å². The van der Waals surface area contributed by atoms with Crippen LogP contribution in [-0.2, 0) is 9.53 Å². The molecule has 0 bridgehead atoms. The number of aliphatic hydroxyl groups is 1. The van der Waals surface area contributed by atoms with Gasteiger partial charge in [0.2, 0.25) is 0 Å². The number of carbonyl (C=O) groups is 1. The van der Waals surface area contributed by atoms with Crippen molar-refractivity contribution >= 4 is 5.97 Å². The van der Waals surface area contributed by atoms with Crippen molar-refractivity contribution in [1.29, 1.82) is 0 Å². The van der Waals surface area contributed by atoms with Crippen LogP contribution in [0.2, 0.25) is 0 Å². The summed E-state index contributed by atoms with van der Waals surface area (Å²) in [6.07, 6.45) is -0.623. The molecule has 0 saturated carbocycles. The maximum atomic E-state index is 11.0. The van der Waals surface area contributed by atoms with Crippen LogP contribution in [0, 0.1) is 11.3 Å². The molecule has 11 heavy (non-hydrogen) atoms. The first kappa shape index (κ1) is 8.53. The first-order valence-corrected chi connectivity index (χ1v) is 3.77. The third-order valence-electron chi connectivity index (χ3n) is 1.97. The van der Waals surface area contributed by atoms with Crippen LogP contribution in [0.5, 0.6) is 0 Å². The molecule has 1 rings (SSSR count). The molecule has 1 saturated heterocycles. The van der Waals surface area contributed by atoms with Crippen LogP contribution in [0.15, 0.2) is 0 Å². The molecule has 64 valence electrons. The molecule has 0 amide bonds. The van der Waals surface area contributed by atoms with Crippen LogP contribution in [0.1, 0.15) is 20.8 Å². The van der Waals surface area contributed by atoms with Crippen molar-refractivity contribution in [1.82, 2.24) is 0 Å². The van der Waals surface area contributed by atoms with Gasteiger partial charge >= 0.3 is 5.97 Å². The smallest absolute Gasteiger partial charge is 0.312 e. The number of aliphatic hydroxyl groups excluding tert-OH is 1. The zero-order chi connectivity index (χ0) is 8.65. The van der Waals surface area contributed by atoms with Crippen molar-refractivity contribution in [2.24, 2.45) is 11.3 Å². The van der Waals surface area contributed by atoms with E-state index in [9.17, 15) is 9.90 Å². The van der Waals surface area contributed by atoms with Gasteiger partial charge in [0.15, 0.2) is 0 Å². The number of ether oxygens (including phenoxy) is 1. The lowest BCUT2D eigenvalue weighted by molar-refractivity contribution is -0.144. The average molecular weight is 158 g/mol. The first-order valence-electron chi connectivity index (χ1n) is 3.77. The number of rotatable bonds is 0. The van der Waals surface area contributed by atoms with Gasteiger partial charge in [-0.2, -0.15) is 0 Å². The molecule has 0 aromatic rings. The lowest BCUT2D eigenvalue weighted by atomic mass is 9.79. The minimum Gasteiger partial charge on any atom is -0.463 e. The molecule has 0 aromatic heterocycles. The molecule has 0 aliphatic carbocycles. The van der Waals surface area contributed by atoms with Gasteiger partial charge in [0, 0.05) is 0 Å². The van der Waals surface area contributed by atoms with E-state index in [4.69, 9.17) is 4.74 Å². The minimum atomic E-state index is -0.623. The summed E-state index contributed by atoms with van der Waals surface area (Å²) in [7, 11) is 0. The van der Waals surface area contributed by atoms with E-state index in [0.29, 0.717) is 0 Å². The van der Waals surface area contributed by atoms with E-state index in [2.05, 4.69) is 0 Å². The fourth-order valence-corrected chi connectivity index (χ4v) is 1.44. The third-order valence-corrected chi connectivity index (χ3v) is 1.97. The van der Waals surface area contributed by atoms with E-state index in [1.54, 1.807) is 0 Å². The molecule has 1 heterocycles. The predicted molar refractivity (Wildman–Crippen MR) is 39.9 cm³/mol. The van der Waals surface area contributed by atoms with Crippen molar-refractivity contribution in [3.63, 3.8) is 0 Å². The predicted octanol–water partition coefficient (Wildman–Crippen LogP) is 0.566. The Balaban J connectivity index is 2.77. The van der Waals surface area contributed by atoms with Gasteiger partial charge in [0.25, 0.3) is 0 Å². The van der Waals surface area contributed by atoms with Crippen molar-refractivity contribution < 1.29 is 14.6 Å². The summed E-state index contributed by atoms with van der Waals surface area (Å²) in [5, 5.41) is 9.35. The highest BCUT2D eigenvalue weighted by Crippen LogP contribution is 2.33. The van der Waals surface area contributed by atoms with Crippen LogP contribution in [0.3, 0.4) is 0 Å². The second kappa shape index (κ2) is 2.48. The quantitative estimate of drug-likeness (QED) is 0.524. The summed E-state index contributed by atoms with van der Waals surface area (Å²) in [6.45, 7) is 5.93. The molecule has 0 spiro atoms. The van der Waals surface area contributed by atoms with Crippen LogP contribution >= 0.6 is 0 Å². The van der Waals surface area contributed by atoms with Crippen molar-refractivity contribution in [2.75, 3.05) is 6.61 Å². The number of hydrogen-bond donors (Lipinski definition) is 1. The highest BCUT2D eigenvalue weighted by Gasteiger charge is 2.43. The number of carbonyl (C=O) groups excluding carboxylic acids is 1. The van der Waals surface area contributed by atoms with Crippen LogP contribution in [0.25, 0.3) is 0 Å². The Hall–Kier alpha value is -0.570. The first-order chi connectivity index (χ1) is 4.93. The maximum absolute atomic E-state index is 11.0. The standard InChI is InChI=1S/C8H14O3/c1-8(2,3)6-5(9)4-11-7(6)10/h5-6,9H,4H2,1-3H3.